The molecule has 0 atom stereocenters. The van der Waals surface area contributed by atoms with Crippen molar-refractivity contribution in [3.8, 4) is 0 Å². The van der Waals surface area contributed by atoms with Crippen LogP contribution in [0.2, 0.25) is 0 Å². The van der Waals surface area contributed by atoms with Crippen LogP contribution in [0.3, 0.4) is 0 Å². The molecule has 1 rings (SSSR count). The second kappa shape index (κ2) is 8.76. The maximum atomic E-state index is 12.3. The highest BCUT2D eigenvalue weighted by molar-refractivity contribution is 5.74. The Morgan fingerprint density at radius 3 is 2.65 bits per heavy atom. The summed E-state index contributed by atoms with van der Waals surface area (Å²) in [5, 5.41) is 8.80. The van der Waals surface area contributed by atoms with E-state index in [1.807, 2.05) is 4.90 Å². The second-order valence-corrected chi connectivity index (χ2v) is 5.06. The third-order valence-electron chi connectivity index (χ3n) is 3.39. The third kappa shape index (κ3) is 5.75. The lowest BCUT2D eigenvalue weighted by Gasteiger charge is -2.27. The van der Waals surface area contributed by atoms with Gasteiger partial charge < -0.3 is 19.6 Å². The Bertz CT molecular complexity index is 325. The lowest BCUT2D eigenvalue weighted by molar-refractivity contribution is -0.138. The van der Waals surface area contributed by atoms with Gasteiger partial charge in [-0.3, -0.25) is 9.69 Å². The number of hydrogen-bond donors (Lipinski definition) is 1. The standard InChI is InChI=1S/C13H25N3O4/c1-14(5-4-10-20-2)13(19)16-7-3-6-15(8-9-16)11-12(17)18/h3-11H2,1-2H3,(H,17,18). The molecule has 0 radical (unpaired) electrons. The summed E-state index contributed by atoms with van der Waals surface area (Å²) in [6.45, 7) is 3.97. The number of amides is 2. The van der Waals surface area contributed by atoms with Gasteiger partial charge in [0.1, 0.15) is 0 Å². The lowest BCUT2D eigenvalue weighted by atomic mass is 10.4. The minimum absolute atomic E-state index is 0.0123. The largest absolute Gasteiger partial charge is 0.480 e. The van der Waals surface area contributed by atoms with Gasteiger partial charge in [0, 0.05) is 53.5 Å². The zero-order valence-electron chi connectivity index (χ0n) is 12.4. The molecule has 0 bridgehead atoms. The summed E-state index contributed by atoms with van der Waals surface area (Å²) < 4.78 is 4.97. The van der Waals surface area contributed by atoms with Crippen LogP contribution in [0.1, 0.15) is 12.8 Å². The second-order valence-electron chi connectivity index (χ2n) is 5.06. The molecule has 7 heteroatoms. The van der Waals surface area contributed by atoms with Crippen molar-refractivity contribution in [2.24, 2.45) is 0 Å². The number of rotatable bonds is 6. The van der Waals surface area contributed by atoms with E-state index in [1.165, 1.54) is 0 Å². The van der Waals surface area contributed by atoms with Crippen molar-refractivity contribution in [3.05, 3.63) is 0 Å². The molecule has 0 saturated carbocycles. The van der Waals surface area contributed by atoms with E-state index in [4.69, 9.17) is 9.84 Å². The van der Waals surface area contributed by atoms with Crippen LogP contribution in [-0.2, 0) is 9.53 Å². The number of carbonyl (C=O) groups excluding carboxylic acids is 1. The van der Waals surface area contributed by atoms with Crippen LogP contribution in [0, 0.1) is 0 Å². The summed E-state index contributed by atoms with van der Waals surface area (Å²) in [7, 11) is 3.44. The quantitative estimate of drug-likeness (QED) is 0.705. The van der Waals surface area contributed by atoms with Crippen LogP contribution >= 0.6 is 0 Å². The number of hydrogen-bond acceptors (Lipinski definition) is 4. The van der Waals surface area contributed by atoms with Gasteiger partial charge in [-0.25, -0.2) is 4.79 Å². The number of aliphatic carboxylic acids is 1. The maximum absolute atomic E-state index is 12.3. The molecule has 0 aromatic rings. The van der Waals surface area contributed by atoms with Crippen molar-refractivity contribution in [2.45, 2.75) is 12.8 Å². The molecule has 1 fully saturated rings. The fourth-order valence-electron chi connectivity index (χ4n) is 2.29. The Labute approximate surface area is 120 Å². The first-order chi connectivity index (χ1) is 9.54. The highest BCUT2D eigenvalue weighted by atomic mass is 16.5. The Morgan fingerprint density at radius 2 is 2.00 bits per heavy atom. The Morgan fingerprint density at radius 1 is 1.25 bits per heavy atom. The van der Waals surface area contributed by atoms with Crippen molar-refractivity contribution in [3.63, 3.8) is 0 Å². The van der Waals surface area contributed by atoms with Crippen molar-refractivity contribution in [2.75, 3.05) is 60.0 Å². The van der Waals surface area contributed by atoms with Gasteiger partial charge in [-0.05, 0) is 12.8 Å². The van der Waals surface area contributed by atoms with Gasteiger partial charge in [0.2, 0.25) is 0 Å². The van der Waals surface area contributed by atoms with Crippen LogP contribution in [0.5, 0.6) is 0 Å². The molecule has 0 aromatic carbocycles. The molecule has 0 aromatic heterocycles. The van der Waals surface area contributed by atoms with Gasteiger partial charge in [0.25, 0.3) is 0 Å². The Hall–Kier alpha value is -1.34. The van der Waals surface area contributed by atoms with Gasteiger partial charge in [-0.2, -0.15) is 0 Å². The normalized spacial score (nSPS) is 16.8. The van der Waals surface area contributed by atoms with E-state index in [1.54, 1.807) is 24.0 Å². The molecular weight excluding hydrogens is 262 g/mol. The van der Waals surface area contributed by atoms with Gasteiger partial charge in [0.05, 0.1) is 6.54 Å². The predicted molar refractivity (Wildman–Crippen MR) is 74.8 cm³/mol. The third-order valence-corrected chi connectivity index (χ3v) is 3.39. The molecule has 2 amide bonds. The van der Waals surface area contributed by atoms with Crippen LogP contribution < -0.4 is 0 Å². The highest BCUT2D eigenvalue weighted by Gasteiger charge is 2.22. The van der Waals surface area contributed by atoms with E-state index in [-0.39, 0.29) is 12.6 Å². The molecule has 20 heavy (non-hydrogen) atoms. The zero-order valence-corrected chi connectivity index (χ0v) is 12.4. The topological polar surface area (TPSA) is 73.3 Å². The minimum atomic E-state index is -0.818. The predicted octanol–water partition coefficient (Wildman–Crippen LogP) is 0.167. The molecular formula is C13H25N3O4. The number of carbonyl (C=O) groups is 2. The number of nitrogens with zero attached hydrogens (tertiary/aromatic N) is 3. The summed E-state index contributed by atoms with van der Waals surface area (Å²) >= 11 is 0. The fourth-order valence-corrected chi connectivity index (χ4v) is 2.29. The lowest BCUT2D eigenvalue weighted by Crippen LogP contribution is -2.43. The molecule has 1 saturated heterocycles. The fraction of sp³-hybridized carbons (Fsp3) is 0.846. The first kappa shape index (κ1) is 16.7. The van der Waals surface area contributed by atoms with E-state index in [0.717, 1.165) is 19.4 Å². The van der Waals surface area contributed by atoms with Gasteiger partial charge in [0.15, 0.2) is 0 Å². The summed E-state index contributed by atoms with van der Waals surface area (Å²) in [6, 6.07) is 0.0123. The van der Waals surface area contributed by atoms with E-state index in [2.05, 4.69) is 0 Å². The van der Waals surface area contributed by atoms with E-state index in [0.29, 0.717) is 32.8 Å². The molecule has 1 aliphatic heterocycles. The number of ether oxygens (including phenoxy) is 1. The zero-order chi connectivity index (χ0) is 15.0. The number of methoxy groups -OCH3 is 1. The van der Waals surface area contributed by atoms with Crippen molar-refractivity contribution >= 4 is 12.0 Å². The molecule has 0 unspecified atom stereocenters. The molecule has 0 aliphatic carbocycles. The van der Waals surface area contributed by atoms with Gasteiger partial charge >= 0.3 is 12.0 Å². The minimum Gasteiger partial charge on any atom is -0.480 e. The monoisotopic (exact) mass is 287 g/mol. The molecule has 1 heterocycles. The van der Waals surface area contributed by atoms with Crippen molar-refractivity contribution < 1.29 is 19.4 Å². The Kier molecular flexibility index (Phi) is 7.32. The van der Waals surface area contributed by atoms with Crippen LogP contribution in [0.25, 0.3) is 0 Å². The SMILES string of the molecule is COCCCN(C)C(=O)N1CCCN(CC(=O)O)CC1. The average molecular weight is 287 g/mol. The number of urea groups is 1. The smallest absolute Gasteiger partial charge is 0.319 e. The Balaban J connectivity index is 2.39. The summed E-state index contributed by atoms with van der Waals surface area (Å²) in [5.74, 6) is -0.818. The van der Waals surface area contributed by atoms with Crippen LogP contribution in [0.4, 0.5) is 4.79 Å². The first-order valence-electron chi connectivity index (χ1n) is 6.97. The van der Waals surface area contributed by atoms with Crippen molar-refractivity contribution in [1.29, 1.82) is 0 Å². The van der Waals surface area contributed by atoms with Crippen LogP contribution in [0.15, 0.2) is 0 Å². The number of carboxylic acid groups (broad SMARTS) is 1. The summed E-state index contributed by atoms with van der Waals surface area (Å²) in [4.78, 5) is 28.3. The van der Waals surface area contributed by atoms with Crippen molar-refractivity contribution in [1.82, 2.24) is 14.7 Å². The average Bonchev–Trinajstić information content (AvgIpc) is 2.63. The molecule has 7 nitrogen and oxygen atoms in total. The van der Waals surface area contributed by atoms with Gasteiger partial charge in [-0.1, -0.05) is 0 Å². The molecule has 116 valence electrons. The highest BCUT2D eigenvalue weighted by Crippen LogP contribution is 2.06. The molecule has 1 aliphatic rings. The first-order valence-corrected chi connectivity index (χ1v) is 6.97. The van der Waals surface area contributed by atoms with Crippen LogP contribution in [-0.4, -0.2) is 91.8 Å². The summed E-state index contributed by atoms with van der Waals surface area (Å²) in [5.41, 5.74) is 0. The van der Waals surface area contributed by atoms with E-state index >= 15 is 0 Å². The molecule has 0 spiro atoms. The molecule has 1 N–H and O–H groups in total. The van der Waals surface area contributed by atoms with E-state index in [9.17, 15) is 9.59 Å². The van der Waals surface area contributed by atoms with E-state index < -0.39 is 5.97 Å². The number of carboxylic acids is 1. The maximum Gasteiger partial charge on any atom is 0.319 e. The van der Waals surface area contributed by atoms with Gasteiger partial charge in [-0.15, -0.1) is 0 Å². The summed E-state index contributed by atoms with van der Waals surface area (Å²) in [6.07, 6.45) is 1.63.